The maximum atomic E-state index is 12.0. The zero-order valence-electron chi connectivity index (χ0n) is 23.6. The number of carbonyl (C=O) groups is 2. The van der Waals surface area contributed by atoms with Crippen LogP contribution in [0.2, 0.25) is 0 Å². The van der Waals surface area contributed by atoms with E-state index in [1.54, 1.807) is 12.2 Å². The summed E-state index contributed by atoms with van der Waals surface area (Å²) in [5, 5.41) is 20.8. The monoisotopic (exact) mass is 520 g/mol. The average molecular weight is 521 g/mol. The van der Waals surface area contributed by atoms with E-state index >= 15 is 0 Å². The molecule has 206 valence electrons. The summed E-state index contributed by atoms with van der Waals surface area (Å²) in [7, 11) is 0. The van der Waals surface area contributed by atoms with Crippen LogP contribution < -0.4 is 0 Å². The van der Waals surface area contributed by atoms with Crippen molar-refractivity contribution in [1.29, 1.82) is 0 Å². The number of allylic oxidation sites excluding steroid dienone is 14. The molecule has 2 atom stereocenters. The second-order valence-corrected chi connectivity index (χ2v) is 9.40. The van der Waals surface area contributed by atoms with Crippen LogP contribution in [0.25, 0.3) is 0 Å². The predicted octanol–water partition coefficient (Wildman–Crippen LogP) is 7.86. The lowest BCUT2D eigenvalue weighted by Gasteiger charge is -2.14. The van der Waals surface area contributed by atoms with Gasteiger partial charge in [0.1, 0.15) is 5.76 Å². The van der Waals surface area contributed by atoms with Crippen LogP contribution >= 0.6 is 0 Å². The first-order valence-electron chi connectivity index (χ1n) is 13.4. The number of esters is 1. The summed E-state index contributed by atoms with van der Waals surface area (Å²) in [5.74, 6) is -2.20. The van der Waals surface area contributed by atoms with Gasteiger partial charge in [-0.15, -0.1) is 0 Å². The molecule has 1 aliphatic rings. The normalized spacial score (nSPS) is 19.0. The molecule has 0 bridgehead atoms. The summed E-state index contributed by atoms with van der Waals surface area (Å²) in [6.07, 6.45) is 26.2. The van der Waals surface area contributed by atoms with Gasteiger partial charge in [-0.1, -0.05) is 105 Å². The molecule has 0 aromatic heterocycles. The Morgan fingerprint density at radius 1 is 1.00 bits per heavy atom. The minimum absolute atomic E-state index is 0.00732. The molecule has 2 N–H and O–H groups in total. The molecule has 1 heterocycles. The fourth-order valence-corrected chi connectivity index (χ4v) is 3.82. The molecule has 1 aliphatic heterocycles. The predicted molar refractivity (Wildman–Crippen MR) is 156 cm³/mol. The molecule has 0 unspecified atom stereocenters. The highest BCUT2D eigenvalue weighted by molar-refractivity contribution is 6.28. The van der Waals surface area contributed by atoms with E-state index in [-0.39, 0.29) is 23.0 Å². The smallest absolute Gasteiger partial charge is 0.351 e. The lowest BCUT2D eigenvalue weighted by Crippen LogP contribution is -2.14. The summed E-state index contributed by atoms with van der Waals surface area (Å²) >= 11 is 0. The number of ketones is 1. The fraction of sp³-hybridized carbons (Fsp3) is 0.394. The molecule has 5 nitrogen and oxygen atoms in total. The SMILES string of the molecule is C=C1OC(=O)/C(=C(O)\C(=C/CC[C@H](C)[C@H](O)/C=C/C=C/C/C=C/C/C=C/C(C)=C\C(C)=C\CC)CC)C1=O. The van der Waals surface area contributed by atoms with Crippen LogP contribution in [0.3, 0.4) is 0 Å². The number of Topliss-reactive ketones (excluding diaryl/α,β-unsaturated/α-hetero) is 1. The topological polar surface area (TPSA) is 83.8 Å². The van der Waals surface area contributed by atoms with Gasteiger partial charge in [0.15, 0.2) is 11.3 Å². The molecule has 1 saturated heterocycles. The molecular formula is C33H44O5. The Balaban J connectivity index is 2.45. The van der Waals surface area contributed by atoms with Crippen molar-refractivity contribution < 1.29 is 24.5 Å². The van der Waals surface area contributed by atoms with Gasteiger partial charge in [0.05, 0.1) is 6.10 Å². The summed E-state index contributed by atoms with van der Waals surface area (Å²) in [5.41, 5.74) is 2.66. The molecule has 0 saturated carbocycles. The maximum Gasteiger partial charge on any atom is 0.351 e. The fourth-order valence-electron chi connectivity index (χ4n) is 3.82. The van der Waals surface area contributed by atoms with Crippen molar-refractivity contribution in [2.45, 2.75) is 79.2 Å². The summed E-state index contributed by atoms with van der Waals surface area (Å²) in [6.45, 7) is 13.5. The van der Waals surface area contributed by atoms with E-state index in [4.69, 9.17) is 4.74 Å². The number of ether oxygens (including phenoxy) is 1. The first-order valence-corrected chi connectivity index (χ1v) is 13.4. The molecule has 38 heavy (non-hydrogen) atoms. The highest BCUT2D eigenvalue weighted by Crippen LogP contribution is 2.26. The molecule has 0 amide bonds. The van der Waals surface area contributed by atoms with E-state index in [0.29, 0.717) is 24.8 Å². The number of carbonyl (C=O) groups excluding carboxylic acids is 2. The van der Waals surface area contributed by atoms with Crippen LogP contribution in [0.15, 0.2) is 107 Å². The average Bonchev–Trinajstić information content (AvgIpc) is 3.12. The highest BCUT2D eigenvalue weighted by atomic mass is 16.5. The minimum atomic E-state index is -0.875. The number of hydrogen-bond donors (Lipinski definition) is 2. The van der Waals surface area contributed by atoms with Gasteiger partial charge in [0.25, 0.3) is 0 Å². The number of aliphatic hydroxyl groups is 2. The second kappa shape index (κ2) is 17.9. The van der Waals surface area contributed by atoms with Crippen molar-refractivity contribution in [3.63, 3.8) is 0 Å². The Bertz CT molecular complexity index is 1070. The van der Waals surface area contributed by atoms with Crippen LogP contribution in [0.1, 0.15) is 73.1 Å². The Morgan fingerprint density at radius 3 is 2.29 bits per heavy atom. The molecule has 0 radical (unpaired) electrons. The van der Waals surface area contributed by atoms with Gasteiger partial charge in [-0.2, -0.15) is 0 Å². The van der Waals surface area contributed by atoms with Crippen LogP contribution in [-0.4, -0.2) is 28.1 Å². The highest BCUT2D eigenvalue weighted by Gasteiger charge is 2.36. The number of rotatable bonds is 15. The summed E-state index contributed by atoms with van der Waals surface area (Å²) < 4.78 is 4.70. The standard InChI is InChI=1S/C33H44O5/c1-7-18-24(3)23-25(4)19-15-13-11-9-10-12-14-16-22-29(34)26(5)20-17-21-28(8-2)32(36)30-31(35)27(6)38-33(30)37/h9,11-12,14-16,18-19,21-23,26,29,34,36H,6-8,10,13,17,20H2,1-5H3/b11-9+,14-12+,19-15+,22-16+,24-18+,25-23-,28-21-,32-30+/t26-,29+/m0/s1. The zero-order valence-corrected chi connectivity index (χ0v) is 23.6. The summed E-state index contributed by atoms with van der Waals surface area (Å²) in [4.78, 5) is 23.8. The van der Waals surface area contributed by atoms with Crippen LogP contribution in [0, 0.1) is 5.92 Å². The molecule has 0 aliphatic carbocycles. The molecular weight excluding hydrogens is 476 g/mol. The first kappa shape index (κ1) is 32.6. The Labute approximate surface area is 228 Å². The Kier molecular flexibility index (Phi) is 15.4. The van der Waals surface area contributed by atoms with Crippen molar-refractivity contribution in [3.8, 4) is 0 Å². The van der Waals surface area contributed by atoms with Crippen molar-refractivity contribution in [2.75, 3.05) is 0 Å². The molecule has 0 aromatic rings. The number of aliphatic hydroxyl groups excluding tert-OH is 2. The third-order valence-electron chi connectivity index (χ3n) is 6.05. The molecule has 1 rings (SSSR count). The van der Waals surface area contributed by atoms with Crippen LogP contribution in [0.4, 0.5) is 0 Å². The third kappa shape index (κ3) is 11.7. The van der Waals surface area contributed by atoms with Crippen molar-refractivity contribution >= 4 is 11.8 Å². The largest absolute Gasteiger partial charge is 0.507 e. The molecule has 0 spiro atoms. The van der Waals surface area contributed by atoms with Gasteiger partial charge >= 0.3 is 5.97 Å². The Morgan fingerprint density at radius 2 is 1.68 bits per heavy atom. The van der Waals surface area contributed by atoms with Gasteiger partial charge in [-0.05, 0) is 63.9 Å². The van der Waals surface area contributed by atoms with Crippen molar-refractivity contribution in [2.24, 2.45) is 5.92 Å². The van der Waals surface area contributed by atoms with Crippen molar-refractivity contribution in [1.82, 2.24) is 0 Å². The van der Waals surface area contributed by atoms with E-state index in [2.05, 4.69) is 63.8 Å². The van der Waals surface area contributed by atoms with E-state index in [1.807, 2.05) is 32.1 Å². The summed E-state index contributed by atoms with van der Waals surface area (Å²) in [6, 6.07) is 0. The Hall–Kier alpha value is -3.44. The zero-order chi connectivity index (χ0) is 28.5. The van der Waals surface area contributed by atoms with Gasteiger partial charge < -0.3 is 14.9 Å². The van der Waals surface area contributed by atoms with E-state index < -0.39 is 17.9 Å². The van der Waals surface area contributed by atoms with E-state index in [1.165, 1.54) is 11.1 Å². The second-order valence-electron chi connectivity index (χ2n) is 9.40. The van der Waals surface area contributed by atoms with Gasteiger partial charge in [0.2, 0.25) is 5.78 Å². The van der Waals surface area contributed by atoms with E-state index in [0.717, 1.165) is 19.3 Å². The quantitative estimate of drug-likeness (QED) is 0.0573. The van der Waals surface area contributed by atoms with Crippen LogP contribution in [0.5, 0.6) is 0 Å². The minimum Gasteiger partial charge on any atom is -0.507 e. The number of cyclic esters (lactones) is 1. The molecule has 5 heteroatoms. The lowest BCUT2D eigenvalue weighted by atomic mass is 9.96. The van der Waals surface area contributed by atoms with E-state index in [9.17, 15) is 19.8 Å². The molecule has 0 aromatic carbocycles. The third-order valence-corrected chi connectivity index (χ3v) is 6.05. The maximum absolute atomic E-state index is 12.0. The number of hydrogen-bond acceptors (Lipinski definition) is 5. The van der Waals surface area contributed by atoms with Gasteiger partial charge in [-0.25, -0.2) is 4.79 Å². The van der Waals surface area contributed by atoms with Crippen LogP contribution in [-0.2, 0) is 14.3 Å². The van der Waals surface area contributed by atoms with Crippen molar-refractivity contribution in [3.05, 3.63) is 107 Å². The van der Waals surface area contributed by atoms with Gasteiger partial charge in [0, 0.05) is 0 Å². The van der Waals surface area contributed by atoms with Gasteiger partial charge in [-0.3, -0.25) is 4.79 Å². The lowest BCUT2D eigenvalue weighted by molar-refractivity contribution is -0.132. The molecule has 1 fully saturated rings. The first-order chi connectivity index (χ1) is 18.1.